The van der Waals surface area contributed by atoms with Gasteiger partial charge in [0.2, 0.25) is 5.91 Å². The Balaban J connectivity index is 1.23. The fourth-order valence-corrected chi connectivity index (χ4v) is 7.30. The highest BCUT2D eigenvalue weighted by Gasteiger charge is 2.60. The van der Waals surface area contributed by atoms with Gasteiger partial charge in [0, 0.05) is 47.6 Å². The Kier molecular flexibility index (Phi) is 5.88. The van der Waals surface area contributed by atoms with Crippen molar-refractivity contribution in [3.63, 3.8) is 0 Å². The lowest BCUT2D eigenvalue weighted by molar-refractivity contribution is -0.163. The summed E-state index contributed by atoms with van der Waals surface area (Å²) in [5.74, 6) is -2.18. The molecule has 4 atom stereocenters. The topological polar surface area (TPSA) is 124 Å². The Hall–Kier alpha value is -2.15. The van der Waals surface area contributed by atoms with Gasteiger partial charge in [0.05, 0.1) is 31.3 Å². The van der Waals surface area contributed by atoms with Gasteiger partial charge in [-0.15, -0.1) is 23.1 Å². The minimum absolute atomic E-state index is 0.0606. The summed E-state index contributed by atoms with van der Waals surface area (Å²) in [4.78, 5) is 47.5. The van der Waals surface area contributed by atoms with Gasteiger partial charge in [-0.2, -0.15) is 0 Å². The Bertz CT molecular complexity index is 1010. The molecule has 4 aliphatic heterocycles. The van der Waals surface area contributed by atoms with E-state index in [1.807, 2.05) is 6.92 Å². The van der Waals surface area contributed by atoms with Crippen LogP contribution in [0.1, 0.15) is 24.3 Å². The van der Waals surface area contributed by atoms with E-state index in [4.69, 9.17) is 4.74 Å². The molecule has 0 bridgehead atoms. The van der Waals surface area contributed by atoms with Gasteiger partial charge in [0.15, 0.2) is 5.13 Å². The van der Waals surface area contributed by atoms with E-state index in [2.05, 4.69) is 9.88 Å². The summed E-state index contributed by atoms with van der Waals surface area (Å²) in [7, 11) is 0. The normalized spacial score (nSPS) is 28.5. The predicted octanol–water partition coefficient (Wildman–Crippen LogP) is 0.691. The van der Waals surface area contributed by atoms with E-state index in [1.165, 1.54) is 28.0 Å². The number of carboxylic acids is 1. The molecule has 1 aromatic heterocycles. The van der Waals surface area contributed by atoms with Crippen LogP contribution in [0, 0.1) is 11.8 Å². The molecule has 33 heavy (non-hydrogen) atoms. The summed E-state index contributed by atoms with van der Waals surface area (Å²) in [6.45, 7) is 7.11. The Labute approximate surface area is 199 Å². The number of aliphatic carboxylic acids is 1. The van der Waals surface area contributed by atoms with Crippen molar-refractivity contribution in [1.29, 1.82) is 0 Å². The summed E-state index contributed by atoms with van der Waals surface area (Å²) >= 11 is 2.94. The molecule has 3 fully saturated rings. The first-order valence-electron chi connectivity index (χ1n) is 11.0. The Morgan fingerprint density at radius 2 is 2.00 bits per heavy atom. The minimum atomic E-state index is -1.10. The number of ether oxygens (including phenoxy) is 1. The van der Waals surface area contributed by atoms with Gasteiger partial charge < -0.3 is 29.6 Å². The lowest BCUT2D eigenvalue weighted by Gasteiger charge is -2.46. The van der Waals surface area contributed by atoms with Gasteiger partial charge in [-0.25, -0.2) is 9.78 Å². The van der Waals surface area contributed by atoms with Gasteiger partial charge in [-0.05, 0) is 6.92 Å². The monoisotopic (exact) mass is 494 g/mol. The summed E-state index contributed by atoms with van der Waals surface area (Å²) in [6, 6.07) is -0.296. The van der Waals surface area contributed by atoms with E-state index in [-0.39, 0.29) is 34.7 Å². The molecule has 2 N–H and O–H groups in total. The number of carboxylic acid groups (broad SMARTS) is 1. The van der Waals surface area contributed by atoms with E-state index in [9.17, 15) is 24.6 Å². The van der Waals surface area contributed by atoms with E-state index < -0.39 is 18.0 Å². The Morgan fingerprint density at radius 3 is 2.64 bits per heavy atom. The highest BCUT2D eigenvalue weighted by molar-refractivity contribution is 8.03. The van der Waals surface area contributed by atoms with Crippen molar-refractivity contribution in [2.45, 2.75) is 31.2 Å². The molecule has 0 aliphatic carbocycles. The molecule has 0 aromatic carbocycles. The molecule has 4 aliphatic rings. The highest BCUT2D eigenvalue weighted by Crippen LogP contribution is 2.52. The number of anilines is 1. The first-order chi connectivity index (χ1) is 15.8. The predicted molar refractivity (Wildman–Crippen MR) is 122 cm³/mol. The zero-order valence-electron chi connectivity index (χ0n) is 18.3. The average Bonchev–Trinajstić information content (AvgIpc) is 3.32. The van der Waals surface area contributed by atoms with Crippen molar-refractivity contribution in [3.05, 3.63) is 21.7 Å². The van der Waals surface area contributed by atoms with Gasteiger partial charge in [-0.1, -0.05) is 6.92 Å². The molecule has 178 valence electrons. The van der Waals surface area contributed by atoms with Crippen LogP contribution in [0.2, 0.25) is 0 Å². The van der Waals surface area contributed by atoms with Crippen LogP contribution in [-0.2, 0) is 14.3 Å². The van der Waals surface area contributed by atoms with Crippen LogP contribution in [0.3, 0.4) is 0 Å². The summed E-state index contributed by atoms with van der Waals surface area (Å²) in [5, 5.41) is 22.5. The van der Waals surface area contributed by atoms with Crippen LogP contribution >= 0.6 is 23.1 Å². The van der Waals surface area contributed by atoms with E-state index >= 15 is 0 Å². The fourth-order valence-electron chi connectivity index (χ4n) is 4.96. The molecule has 3 saturated heterocycles. The number of aliphatic hydroxyl groups excluding tert-OH is 1. The van der Waals surface area contributed by atoms with Crippen LogP contribution in [0.15, 0.2) is 16.0 Å². The molecule has 5 heterocycles. The van der Waals surface area contributed by atoms with Crippen molar-refractivity contribution >= 4 is 46.0 Å². The third-order valence-corrected chi connectivity index (χ3v) is 9.08. The number of morpholine rings is 1. The quantitative estimate of drug-likeness (QED) is 0.550. The first-order valence-corrected chi connectivity index (χ1v) is 12.8. The number of carbonyl (C=O) groups excluding carboxylic acids is 2. The molecule has 5 rings (SSSR count). The number of fused-ring (bicyclic) bond motifs is 1. The maximum Gasteiger partial charge on any atom is 0.353 e. The van der Waals surface area contributed by atoms with Crippen molar-refractivity contribution < 1.29 is 29.3 Å². The first kappa shape index (κ1) is 22.6. The van der Waals surface area contributed by atoms with Crippen LogP contribution in [0.4, 0.5) is 5.13 Å². The maximum absolute atomic E-state index is 12.6. The number of amides is 2. The van der Waals surface area contributed by atoms with Gasteiger partial charge in [-0.3, -0.25) is 9.59 Å². The molecular formula is C21H26N4O6S2. The maximum atomic E-state index is 12.6. The lowest BCUT2D eigenvalue weighted by atomic mass is 9.79. The zero-order chi connectivity index (χ0) is 23.4. The molecular weight excluding hydrogens is 468 g/mol. The van der Waals surface area contributed by atoms with E-state index in [0.717, 1.165) is 5.13 Å². The number of carbonyl (C=O) groups is 3. The molecule has 0 unspecified atom stereocenters. The molecule has 1 aromatic rings. The smallest absolute Gasteiger partial charge is 0.353 e. The number of hydrogen-bond acceptors (Lipinski definition) is 9. The second-order valence-corrected chi connectivity index (χ2v) is 11.0. The second kappa shape index (κ2) is 8.57. The molecule has 0 saturated carbocycles. The fraction of sp³-hybridized carbons (Fsp3) is 0.619. The number of thioether (sulfide) groups is 1. The number of aromatic nitrogens is 1. The van der Waals surface area contributed by atoms with E-state index in [1.54, 1.807) is 17.2 Å². The number of nitrogens with zero attached hydrogens (tertiary/aromatic N) is 4. The van der Waals surface area contributed by atoms with Crippen molar-refractivity contribution in [3.8, 4) is 0 Å². The standard InChI is InChI=1S/C21H26N4O6S2/c1-10-15-14(11(2)26)19(28)25(15)16(20(29)30)17(10)33-12-7-24(8-12)21-22-13(9-32-21)18(27)23-3-5-31-6-4-23/h9-12,14-15,26H,3-8H2,1-2H3,(H,29,30)/t10-,11-,14-,15-/m1/s1. The summed E-state index contributed by atoms with van der Waals surface area (Å²) in [5.41, 5.74) is 0.505. The summed E-state index contributed by atoms with van der Waals surface area (Å²) < 4.78 is 5.30. The number of rotatable bonds is 6. The molecule has 0 spiro atoms. The van der Waals surface area contributed by atoms with Crippen molar-refractivity contribution in [2.24, 2.45) is 11.8 Å². The SMILES string of the molecule is C[C@@H](O)[C@H]1C(=O)N2C(C(=O)O)=C(SC3CN(c4nc(C(=O)N5CCOCC5)cs4)C3)[C@H](C)[C@H]12. The molecule has 0 radical (unpaired) electrons. The van der Waals surface area contributed by atoms with Crippen LogP contribution in [0.25, 0.3) is 0 Å². The second-order valence-electron chi connectivity index (χ2n) is 8.84. The molecule has 12 heteroatoms. The van der Waals surface area contributed by atoms with Crippen LogP contribution in [-0.4, -0.2) is 99.6 Å². The van der Waals surface area contributed by atoms with Gasteiger partial charge in [0.25, 0.3) is 5.91 Å². The average molecular weight is 495 g/mol. The van der Waals surface area contributed by atoms with Crippen LogP contribution < -0.4 is 4.90 Å². The zero-order valence-corrected chi connectivity index (χ0v) is 20.0. The number of hydrogen-bond donors (Lipinski definition) is 2. The third kappa shape index (κ3) is 3.72. The van der Waals surface area contributed by atoms with Crippen molar-refractivity contribution in [2.75, 3.05) is 44.3 Å². The van der Waals surface area contributed by atoms with Crippen molar-refractivity contribution in [1.82, 2.24) is 14.8 Å². The number of aliphatic hydroxyl groups is 1. The molecule has 10 nitrogen and oxygen atoms in total. The molecule has 2 amide bonds. The number of thiazole rings is 1. The van der Waals surface area contributed by atoms with Gasteiger partial charge >= 0.3 is 5.97 Å². The van der Waals surface area contributed by atoms with Gasteiger partial charge in [0.1, 0.15) is 11.4 Å². The van der Waals surface area contributed by atoms with E-state index in [0.29, 0.717) is 50.0 Å². The summed E-state index contributed by atoms with van der Waals surface area (Å²) in [6.07, 6.45) is -0.806. The Morgan fingerprint density at radius 1 is 1.30 bits per heavy atom. The largest absolute Gasteiger partial charge is 0.477 e. The highest BCUT2D eigenvalue weighted by atomic mass is 32.2. The van der Waals surface area contributed by atoms with Crippen LogP contribution in [0.5, 0.6) is 0 Å². The number of β-lactam (4-membered cyclic amide) rings is 1. The third-order valence-electron chi connectivity index (χ3n) is 6.73. The lowest BCUT2D eigenvalue weighted by Crippen LogP contribution is -2.63. The minimum Gasteiger partial charge on any atom is -0.477 e.